The largest absolute Gasteiger partial charge is 0.462 e. The van der Waals surface area contributed by atoms with Crippen LogP contribution in [0.1, 0.15) is 172 Å². The third kappa shape index (κ3) is 22.3. The Labute approximate surface area is 287 Å². The number of carbonyl (C=O) groups is 2. The Morgan fingerprint density at radius 1 is 0.761 bits per heavy atom. The van der Waals surface area contributed by atoms with Crippen LogP contribution in [0.5, 0.6) is 0 Å². The highest BCUT2D eigenvalue weighted by Gasteiger charge is 2.37. The van der Waals surface area contributed by atoms with Crippen molar-refractivity contribution in [2.45, 2.75) is 179 Å². The fourth-order valence-electron chi connectivity index (χ4n) is 7.14. The first-order valence-electron chi connectivity index (χ1n) is 19.0. The van der Waals surface area contributed by atoms with Gasteiger partial charge in [0.15, 0.2) is 0 Å². The number of carbonyl (C=O) groups excluding carboxylic acids is 2. The molecule has 0 heterocycles. The summed E-state index contributed by atoms with van der Waals surface area (Å²) in [7, 11) is 4.08. The maximum absolute atomic E-state index is 13.0. The number of esters is 2. The minimum atomic E-state index is -0.480. The molecule has 0 aromatic carbocycles. The lowest BCUT2D eigenvalue weighted by Gasteiger charge is -2.39. The predicted molar refractivity (Wildman–Crippen MR) is 198 cm³/mol. The van der Waals surface area contributed by atoms with E-state index in [1.54, 1.807) is 0 Å². The molecule has 0 bridgehead atoms. The van der Waals surface area contributed by atoms with Crippen LogP contribution in [0.2, 0.25) is 0 Å². The fraction of sp³-hybridized carbons (Fsp3) is 0.902. The summed E-state index contributed by atoms with van der Waals surface area (Å²) in [6.07, 6.45) is 21.0. The first-order chi connectivity index (χ1) is 21.3. The van der Waals surface area contributed by atoms with Crippen LogP contribution in [0, 0.1) is 34.0 Å². The van der Waals surface area contributed by atoms with Crippen molar-refractivity contribution in [2.24, 2.45) is 34.0 Å². The van der Waals surface area contributed by atoms with Crippen molar-refractivity contribution in [3.8, 4) is 0 Å². The van der Waals surface area contributed by atoms with E-state index < -0.39 is 5.41 Å². The maximum atomic E-state index is 13.0. The van der Waals surface area contributed by atoms with Gasteiger partial charge >= 0.3 is 11.9 Å². The standard InChI is InChI=1S/C41H79NO4/c1-14-15-16-17-18-22-34(4)23-19-24-35(5)26-27-36(46-37(43)25-20-29-42(12)13)41(10,11)32-39(6,7)28-21-30-45-38(44)40(8,9)31-33(2)3/h21,28,33-36H,14-20,22-27,29-32H2,1-13H3. The number of unbranched alkanes of at least 4 members (excludes halogenated alkanes) is 4. The smallest absolute Gasteiger partial charge is 0.311 e. The highest BCUT2D eigenvalue weighted by atomic mass is 16.5. The molecule has 0 saturated heterocycles. The summed E-state index contributed by atoms with van der Waals surface area (Å²) in [6, 6.07) is 0. The zero-order chi connectivity index (χ0) is 35.4. The van der Waals surface area contributed by atoms with Crippen molar-refractivity contribution < 1.29 is 19.1 Å². The summed E-state index contributed by atoms with van der Waals surface area (Å²) in [5, 5.41) is 0. The van der Waals surface area contributed by atoms with Gasteiger partial charge in [-0.15, -0.1) is 0 Å². The number of allylic oxidation sites excluding steroid dienone is 1. The molecule has 5 nitrogen and oxygen atoms in total. The highest BCUT2D eigenvalue weighted by molar-refractivity contribution is 5.76. The molecule has 0 rings (SSSR count). The lowest BCUT2D eigenvalue weighted by molar-refractivity contribution is -0.157. The van der Waals surface area contributed by atoms with E-state index in [0.29, 0.717) is 18.3 Å². The van der Waals surface area contributed by atoms with Crippen LogP contribution in [-0.4, -0.2) is 50.2 Å². The van der Waals surface area contributed by atoms with Crippen LogP contribution < -0.4 is 0 Å². The zero-order valence-electron chi connectivity index (χ0n) is 33.1. The lowest BCUT2D eigenvalue weighted by atomic mass is 9.70. The van der Waals surface area contributed by atoms with Crippen LogP contribution in [0.25, 0.3) is 0 Å². The van der Waals surface area contributed by atoms with Crippen molar-refractivity contribution in [1.82, 2.24) is 4.90 Å². The SMILES string of the molecule is CCCCCCCC(C)CCCC(C)CCC(OC(=O)CCCN(C)C)C(C)(C)CC(C)(C)C=CCOC(=O)C(C)(C)CC(C)C. The van der Waals surface area contributed by atoms with Crippen LogP contribution in [0.15, 0.2) is 12.2 Å². The second-order valence-electron chi connectivity index (χ2n) is 17.4. The summed E-state index contributed by atoms with van der Waals surface area (Å²) in [4.78, 5) is 27.8. The zero-order valence-corrected chi connectivity index (χ0v) is 33.1. The van der Waals surface area contributed by atoms with Gasteiger partial charge in [0.25, 0.3) is 0 Å². The van der Waals surface area contributed by atoms with E-state index in [9.17, 15) is 9.59 Å². The van der Waals surface area contributed by atoms with E-state index >= 15 is 0 Å². The lowest BCUT2D eigenvalue weighted by Crippen LogP contribution is -2.37. The Bertz CT molecular complexity index is 841. The van der Waals surface area contributed by atoms with Crippen LogP contribution >= 0.6 is 0 Å². The third-order valence-electron chi connectivity index (χ3n) is 9.51. The molecule has 0 aliphatic heterocycles. The average Bonchev–Trinajstić information content (AvgIpc) is 2.91. The molecule has 272 valence electrons. The van der Waals surface area contributed by atoms with E-state index in [4.69, 9.17) is 9.47 Å². The monoisotopic (exact) mass is 650 g/mol. The van der Waals surface area contributed by atoms with Crippen molar-refractivity contribution in [3.05, 3.63) is 12.2 Å². The van der Waals surface area contributed by atoms with Gasteiger partial charge in [0.1, 0.15) is 12.7 Å². The van der Waals surface area contributed by atoms with Gasteiger partial charge in [0.05, 0.1) is 5.41 Å². The molecule has 0 aliphatic carbocycles. The van der Waals surface area contributed by atoms with Crippen LogP contribution in [-0.2, 0) is 19.1 Å². The number of rotatable bonds is 27. The van der Waals surface area contributed by atoms with Gasteiger partial charge < -0.3 is 14.4 Å². The third-order valence-corrected chi connectivity index (χ3v) is 9.51. The first-order valence-corrected chi connectivity index (χ1v) is 19.0. The molecular weight excluding hydrogens is 570 g/mol. The molecule has 3 unspecified atom stereocenters. The van der Waals surface area contributed by atoms with Gasteiger partial charge in [-0.3, -0.25) is 9.59 Å². The van der Waals surface area contributed by atoms with Crippen molar-refractivity contribution in [1.29, 1.82) is 0 Å². The van der Waals surface area contributed by atoms with E-state index in [1.165, 1.54) is 57.8 Å². The second kappa shape index (κ2) is 23.1. The Morgan fingerprint density at radius 2 is 1.35 bits per heavy atom. The quantitative estimate of drug-likeness (QED) is 0.0503. The minimum absolute atomic E-state index is 0.0791. The van der Waals surface area contributed by atoms with E-state index in [2.05, 4.69) is 73.3 Å². The number of hydrogen-bond acceptors (Lipinski definition) is 5. The molecule has 0 N–H and O–H groups in total. The molecule has 0 aromatic rings. The highest BCUT2D eigenvalue weighted by Crippen LogP contribution is 2.41. The van der Waals surface area contributed by atoms with Gasteiger partial charge in [-0.2, -0.15) is 0 Å². The van der Waals surface area contributed by atoms with Gasteiger partial charge in [-0.25, -0.2) is 0 Å². The van der Waals surface area contributed by atoms with Crippen molar-refractivity contribution >= 4 is 11.9 Å². The molecule has 0 spiro atoms. The van der Waals surface area contributed by atoms with Gasteiger partial charge in [-0.1, -0.05) is 132 Å². The van der Waals surface area contributed by atoms with Crippen LogP contribution in [0.3, 0.4) is 0 Å². The number of nitrogens with zero attached hydrogens (tertiary/aromatic N) is 1. The summed E-state index contributed by atoms with van der Waals surface area (Å²) < 4.78 is 11.9. The molecule has 0 fully saturated rings. The van der Waals surface area contributed by atoms with E-state index in [1.807, 2.05) is 34.0 Å². The number of hydrogen-bond donors (Lipinski definition) is 0. The van der Waals surface area contributed by atoms with Gasteiger partial charge in [0, 0.05) is 11.8 Å². The summed E-state index contributed by atoms with van der Waals surface area (Å²) >= 11 is 0. The predicted octanol–water partition coefficient (Wildman–Crippen LogP) is 11.4. The number of ether oxygens (including phenoxy) is 2. The molecule has 0 aromatic heterocycles. The molecule has 0 amide bonds. The topological polar surface area (TPSA) is 55.8 Å². The molecule has 0 radical (unpaired) electrons. The van der Waals surface area contributed by atoms with Crippen molar-refractivity contribution in [2.75, 3.05) is 27.2 Å². The maximum Gasteiger partial charge on any atom is 0.311 e. The normalized spacial score (nSPS) is 15.0. The van der Waals surface area contributed by atoms with E-state index in [0.717, 1.165) is 44.6 Å². The molecular formula is C41H79NO4. The first kappa shape index (κ1) is 44.6. The van der Waals surface area contributed by atoms with Crippen molar-refractivity contribution in [3.63, 3.8) is 0 Å². The summed E-state index contributed by atoms with van der Waals surface area (Å²) in [5.74, 6) is 1.65. The molecule has 3 atom stereocenters. The Balaban J connectivity index is 5.19. The van der Waals surface area contributed by atoms with E-state index in [-0.39, 0.29) is 35.5 Å². The Kier molecular flexibility index (Phi) is 22.4. The van der Waals surface area contributed by atoms with Crippen LogP contribution in [0.4, 0.5) is 0 Å². The molecule has 0 aliphatic rings. The minimum Gasteiger partial charge on any atom is -0.462 e. The molecule has 5 heteroatoms. The average molecular weight is 650 g/mol. The second-order valence-corrected chi connectivity index (χ2v) is 17.4. The molecule has 46 heavy (non-hydrogen) atoms. The summed E-state index contributed by atoms with van der Waals surface area (Å²) in [6.45, 7) is 25.4. The van der Waals surface area contributed by atoms with Gasteiger partial charge in [0.2, 0.25) is 0 Å². The Hall–Kier alpha value is -1.36. The molecule has 0 saturated carbocycles. The summed E-state index contributed by atoms with van der Waals surface area (Å²) in [5.41, 5.74) is -0.823. The van der Waals surface area contributed by atoms with Gasteiger partial charge in [-0.05, 0) is 89.8 Å². The Morgan fingerprint density at radius 3 is 1.93 bits per heavy atom. The fourth-order valence-corrected chi connectivity index (χ4v) is 7.14.